The van der Waals surface area contributed by atoms with E-state index in [0.717, 1.165) is 17.8 Å². The van der Waals surface area contributed by atoms with Gasteiger partial charge in [-0.3, -0.25) is 0 Å². The molecular formula is C24H52N+. The molecule has 0 spiro atoms. The molecule has 1 nitrogen and oxygen atoms in total. The molecule has 0 aromatic heterocycles. The summed E-state index contributed by atoms with van der Waals surface area (Å²) in [4.78, 5) is 2.78. The number of hydrogen-bond donors (Lipinski definition) is 0. The highest BCUT2D eigenvalue weighted by Crippen LogP contribution is 2.13. The lowest BCUT2D eigenvalue weighted by Crippen LogP contribution is -2.27. The number of hydrogen-bond acceptors (Lipinski definition) is 1. The zero-order valence-electron chi connectivity index (χ0n) is 19.8. The molecule has 25 heavy (non-hydrogen) atoms. The van der Waals surface area contributed by atoms with Gasteiger partial charge in [0.05, 0.1) is 0 Å². The fraction of sp³-hybridized carbons (Fsp3) is 1.00. The summed E-state index contributed by atoms with van der Waals surface area (Å²) in [6, 6.07) is 0. The van der Waals surface area contributed by atoms with E-state index in [4.69, 9.17) is 0 Å². The van der Waals surface area contributed by atoms with Gasteiger partial charge in [-0.05, 0) is 56.7 Å². The average Bonchev–Trinajstić information content (AvgIpc) is 2.52. The van der Waals surface area contributed by atoms with E-state index in [-0.39, 0.29) is 1.43 Å². The van der Waals surface area contributed by atoms with Crippen molar-refractivity contribution in [3.8, 4) is 0 Å². The summed E-state index contributed by atoms with van der Waals surface area (Å²) in [5, 5.41) is 0. The second-order valence-corrected chi connectivity index (χ2v) is 9.57. The smallest absolute Gasteiger partial charge is 0.303 e. The monoisotopic (exact) mass is 354 g/mol. The van der Waals surface area contributed by atoms with Gasteiger partial charge in [0.15, 0.2) is 0 Å². The largest absolute Gasteiger partial charge is 1.00 e. The van der Waals surface area contributed by atoms with Gasteiger partial charge in [0.1, 0.15) is 0 Å². The van der Waals surface area contributed by atoms with Gasteiger partial charge in [0.2, 0.25) is 0 Å². The van der Waals surface area contributed by atoms with Gasteiger partial charge in [-0.25, -0.2) is 0 Å². The van der Waals surface area contributed by atoms with E-state index in [9.17, 15) is 0 Å². The van der Waals surface area contributed by atoms with Crippen LogP contribution in [0.1, 0.15) is 120 Å². The standard InChI is InChI=1S/C24H51N/c1-22(2)16-10-7-13-19-25(20-14-8-11-17-23(3)4)21-15-9-12-18-24(5)6/h22-24H,7-21H2,1-6H3/p+1. The molecule has 152 valence electrons. The lowest BCUT2D eigenvalue weighted by Gasteiger charge is -2.22. The van der Waals surface area contributed by atoms with E-state index in [2.05, 4.69) is 46.4 Å². The normalized spacial score (nSPS) is 12.2. The van der Waals surface area contributed by atoms with Crippen LogP contribution in [-0.2, 0) is 0 Å². The van der Waals surface area contributed by atoms with Crippen molar-refractivity contribution in [2.24, 2.45) is 17.8 Å². The Kier molecular flexibility index (Phi) is 17.3. The van der Waals surface area contributed by atoms with Crippen LogP contribution in [0.3, 0.4) is 0 Å². The Labute approximate surface area is 162 Å². The lowest BCUT2D eigenvalue weighted by molar-refractivity contribution is 0.252. The Bertz CT molecular complexity index is 220. The Balaban J connectivity index is 0. The Morgan fingerprint density at radius 3 is 0.960 bits per heavy atom. The maximum absolute atomic E-state index is 2.78. The summed E-state index contributed by atoms with van der Waals surface area (Å²) in [7, 11) is 0. The predicted molar refractivity (Wildman–Crippen MR) is 117 cm³/mol. The van der Waals surface area contributed by atoms with Crippen LogP contribution in [0.15, 0.2) is 0 Å². The van der Waals surface area contributed by atoms with Gasteiger partial charge in [-0.2, -0.15) is 0 Å². The van der Waals surface area contributed by atoms with Crippen molar-refractivity contribution in [2.45, 2.75) is 119 Å². The molecule has 0 rings (SSSR count). The van der Waals surface area contributed by atoms with Crippen molar-refractivity contribution < 1.29 is 1.43 Å². The first-order valence-electron chi connectivity index (χ1n) is 11.6. The van der Waals surface area contributed by atoms with E-state index in [1.165, 1.54) is 96.7 Å². The SMILES string of the molecule is CC(C)CCCCCN(CCCCCC(C)C)CCCCCC(C)C.[H+]. The van der Waals surface area contributed by atoms with Crippen LogP contribution >= 0.6 is 0 Å². The minimum Gasteiger partial charge on any atom is -0.303 e. The first kappa shape index (κ1) is 25.0. The minimum absolute atomic E-state index is 0. The van der Waals surface area contributed by atoms with E-state index in [1.807, 2.05) is 0 Å². The quantitative estimate of drug-likeness (QED) is 0.225. The molecule has 0 atom stereocenters. The van der Waals surface area contributed by atoms with Gasteiger partial charge in [-0.1, -0.05) is 99.3 Å². The van der Waals surface area contributed by atoms with E-state index in [0.29, 0.717) is 0 Å². The highest BCUT2D eigenvalue weighted by molar-refractivity contribution is 4.61. The molecular weight excluding hydrogens is 302 g/mol. The van der Waals surface area contributed by atoms with Crippen molar-refractivity contribution in [3.05, 3.63) is 0 Å². The molecule has 0 bridgehead atoms. The molecule has 0 fully saturated rings. The summed E-state index contributed by atoms with van der Waals surface area (Å²) >= 11 is 0. The maximum Gasteiger partial charge on any atom is 1.00 e. The molecule has 0 radical (unpaired) electrons. The minimum atomic E-state index is 0. The molecule has 0 saturated carbocycles. The van der Waals surface area contributed by atoms with Crippen LogP contribution in [0, 0.1) is 17.8 Å². The molecule has 0 heterocycles. The molecule has 0 aliphatic carbocycles. The zero-order chi connectivity index (χ0) is 18.9. The second-order valence-electron chi connectivity index (χ2n) is 9.57. The predicted octanol–water partition coefficient (Wildman–Crippen LogP) is 8.05. The van der Waals surface area contributed by atoms with Crippen LogP contribution in [0.2, 0.25) is 0 Å². The lowest BCUT2D eigenvalue weighted by atomic mass is 10.0. The van der Waals surface area contributed by atoms with E-state index < -0.39 is 0 Å². The molecule has 0 aliphatic heterocycles. The van der Waals surface area contributed by atoms with E-state index >= 15 is 0 Å². The highest BCUT2D eigenvalue weighted by Gasteiger charge is 2.06. The molecule has 0 unspecified atom stereocenters. The molecule has 0 amide bonds. The maximum atomic E-state index is 2.78. The zero-order valence-corrected chi connectivity index (χ0v) is 18.8. The van der Waals surface area contributed by atoms with Crippen LogP contribution in [0.5, 0.6) is 0 Å². The molecule has 0 aliphatic rings. The molecule has 1 heteroatoms. The van der Waals surface area contributed by atoms with Crippen molar-refractivity contribution in [1.29, 1.82) is 0 Å². The van der Waals surface area contributed by atoms with E-state index in [1.54, 1.807) is 0 Å². The highest BCUT2D eigenvalue weighted by atomic mass is 15.1. The summed E-state index contributed by atoms with van der Waals surface area (Å²) in [6.07, 6.45) is 17.0. The summed E-state index contributed by atoms with van der Waals surface area (Å²) in [5.74, 6) is 2.62. The summed E-state index contributed by atoms with van der Waals surface area (Å²) in [5.41, 5.74) is 0. The van der Waals surface area contributed by atoms with Crippen LogP contribution in [0.25, 0.3) is 0 Å². The Morgan fingerprint density at radius 1 is 0.440 bits per heavy atom. The molecule has 0 aromatic carbocycles. The third-order valence-electron chi connectivity index (χ3n) is 5.27. The molecule has 0 aromatic rings. The average molecular weight is 355 g/mol. The van der Waals surface area contributed by atoms with Gasteiger partial charge in [0, 0.05) is 0 Å². The number of unbranched alkanes of at least 4 members (excludes halogenated alkanes) is 6. The number of nitrogens with zero attached hydrogens (tertiary/aromatic N) is 1. The number of rotatable bonds is 18. The van der Waals surface area contributed by atoms with Crippen LogP contribution in [0.4, 0.5) is 0 Å². The molecule has 0 saturated heterocycles. The Hall–Kier alpha value is -0.0400. The summed E-state index contributed by atoms with van der Waals surface area (Å²) < 4.78 is 0. The van der Waals surface area contributed by atoms with Gasteiger partial charge in [0.25, 0.3) is 0 Å². The van der Waals surface area contributed by atoms with Gasteiger partial charge in [-0.15, -0.1) is 0 Å². The van der Waals surface area contributed by atoms with Crippen molar-refractivity contribution in [3.63, 3.8) is 0 Å². The van der Waals surface area contributed by atoms with Crippen molar-refractivity contribution in [1.82, 2.24) is 4.90 Å². The topological polar surface area (TPSA) is 3.24 Å². The third-order valence-corrected chi connectivity index (χ3v) is 5.27. The molecule has 0 N–H and O–H groups in total. The first-order chi connectivity index (χ1) is 11.9. The Morgan fingerprint density at radius 2 is 0.720 bits per heavy atom. The third kappa shape index (κ3) is 20.1. The summed E-state index contributed by atoms with van der Waals surface area (Å²) in [6.45, 7) is 18.1. The van der Waals surface area contributed by atoms with Crippen LogP contribution < -0.4 is 0 Å². The van der Waals surface area contributed by atoms with Crippen LogP contribution in [-0.4, -0.2) is 24.5 Å². The fourth-order valence-electron chi connectivity index (χ4n) is 3.53. The fourth-order valence-corrected chi connectivity index (χ4v) is 3.53. The van der Waals surface area contributed by atoms with Gasteiger partial charge < -0.3 is 4.90 Å². The second kappa shape index (κ2) is 17.4. The first-order valence-corrected chi connectivity index (χ1v) is 11.6. The van der Waals surface area contributed by atoms with Crippen molar-refractivity contribution >= 4 is 0 Å². The van der Waals surface area contributed by atoms with Crippen molar-refractivity contribution in [2.75, 3.05) is 19.6 Å². The van der Waals surface area contributed by atoms with Gasteiger partial charge >= 0.3 is 1.43 Å².